The van der Waals surface area contributed by atoms with E-state index >= 15 is 0 Å². The number of hydrogen-bond donors (Lipinski definition) is 5. The van der Waals surface area contributed by atoms with Gasteiger partial charge in [-0.05, 0) is 47.9 Å². The number of H-pyrrole nitrogens is 1. The lowest BCUT2D eigenvalue weighted by atomic mass is 9.80. The molecule has 0 radical (unpaired) electrons. The second-order valence-electron chi connectivity index (χ2n) is 17.9. The monoisotopic (exact) mass is 1260 g/mol. The number of phosphoric acid groups is 1. The zero-order chi connectivity index (χ0) is 55.9. The minimum Gasteiger partial charge on any atom is -0.497 e. The Bertz CT molecular complexity index is 2780. The highest BCUT2D eigenvalue weighted by Gasteiger charge is 2.61. The molecule has 79 heavy (non-hydrogen) atoms. The summed E-state index contributed by atoms with van der Waals surface area (Å²) in [6.45, 7) is -0.0842. The maximum Gasteiger partial charge on any atom is 0.479 e. The molecule has 8 rings (SSSR count). The normalized spacial score (nSPS) is 28.4. The summed E-state index contributed by atoms with van der Waals surface area (Å²) in [6, 6.07) is 25.9. The summed E-state index contributed by atoms with van der Waals surface area (Å²) in [5.41, 5.74) is 0.0203. The number of fused-ring (bicyclic) bond motifs is 4. The van der Waals surface area contributed by atoms with Crippen molar-refractivity contribution in [1.82, 2.24) is 9.55 Å². The van der Waals surface area contributed by atoms with Gasteiger partial charge in [0.1, 0.15) is 29.4 Å². The van der Waals surface area contributed by atoms with Gasteiger partial charge in [-0.25, -0.2) is 9.36 Å². The molecule has 4 aliphatic heterocycles. The van der Waals surface area contributed by atoms with Crippen molar-refractivity contribution in [3.05, 3.63) is 128 Å². The number of aliphatic hydroxyl groups excluding tert-OH is 4. The Morgan fingerprint density at radius 3 is 2.06 bits per heavy atom. The van der Waals surface area contributed by atoms with E-state index in [1.807, 2.05) is 72.8 Å². The molecule has 1 aromatic heterocycles. The molecule has 9 unspecified atom stereocenters. The third-order valence-electron chi connectivity index (χ3n) is 12.5. The topological polar surface area (TPSA) is 334 Å². The minimum absolute atomic E-state index is 0.0733. The third kappa shape index (κ3) is 16.0. The zero-order valence-corrected chi connectivity index (χ0v) is 53.6. The van der Waals surface area contributed by atoms with Crippen molar-refractivity contribution in [1.29, 1.82) is 5.26 Å². The van der Waals surface area contributed by atoms with Gasteiger partial charge in [0.15, 0.2) is 0 Å². The summed E-state index contributed by atoms with van der Waals surface area (Å²) in [5.74, 6) is 1.09. The van der Waals surface area contributed by atoms with Gasteiger partial charge in [0, 0.05) is 62.6 Å². The van der Waals surface area contributed by atoms with Crippen molar-refractivity contribution >= 4 is 83.1 Å². The molecular formula is C43H64N3O24PSi8. The molecule has 3 aromatic carbocycles. The van der Waals surface area contributed by atoms with Gasteiger partial charge < -0.3 is 80.5 Å². The lowest BCUT2D eigenvalue weighted by molar-refractivity contribution is -0.0944. The van der Waals surface area contributed by atoms with Crippen molar-refractivity contribution < 1.29 is 98.7 Å². The SMILES string of the molecule is COc1ccc(C(OC[C@H]2O[C@@H](n3cc(C)c(=O)[nH]c3=O)CC2O)(c2ccccc2)c2ccc(OCCCOP(=O)(OCCC#N)OC[SiH]3O[SiH2]O[SiH]4O[SiH]5O[SiH2]O[SiH](CCO)O[Si](CCO)(O5)O[Si](CCO)(O3)O4)cc2)cc1. The zero-order valence-electron chi connectivity index (χ0n) is 43.2. The van der Waals surface area contributed by atoms with E-state index < -0.39 is 138 Å². The van der Waals surface area contributed by atoms with Crippen LogP contribution in [0.15, 0.2) is 94.6 Å². The van der Waals surface area contributed by atoms with Crippen molar-refractivity contribution in [2.24, 2.45) is 0 Å². The average Bonchev–Trinajstić information content (AvgIpc) is 3.96. The van der Waals surface area contributed by atoms with Gasteiger partial charge in [-0.3, -0.25) is 27.9 Å². The van der Waals surface area contributed by atoms with Gasteiger partial charge >= 0.3 is 68.7 Å². The Labute approximate surface area is 468 Å². The Hall–Kier alpha value is -3.36. The number of methoxy groups -OCH3 is 1. The van der Waals surface area contributed by atoms with E-state index in [2.05, 4.69) is 4.98 Å². The van der Waals surface area contributed by atoms with Crippen LogP contribution in [-0.4, -0.2) is 177 Å². The quantitative estimate of drug-likeness (QED) is 0.0214. The third-order valence-corrected chi connectivity index (χ3v) is 38.1. The number of phosphoric ester groups is 1. The number of nitrogens with one attached hydrogen (secondary N) is 1. The van der Waals surface area contributed by atoms with Crippen molar-refractivity contribution in [3.8, 4) is 17.6 Å². The van der Waals surface area contributed by atoms with Gasteiger partial charge in [0.05, 0.1) is 58.4 Å². The molecule has 5 heterocycles. The molecule has 36 heteroatoms. The van der Waals surface area contributed by atoms with Gasteiger partial charge in [-0.15, -0.1) is 0 Å². The molecule has 4 aromatic rings. The Morgan fingerprint density at radius 1 is 0.810 bits per heavy atom. The first-order valence-corrected chi connectivity index (χ1v) is 39.2. The van der Waals surface area contributed by atoms with Gasteiger partial charge in [0.2, 0.25) is 0 Å². The smallest absolute Gasteiger partial charge is 0.479 e. The van der Waals surface area contributed by atoms with E-state index in [0.29, 0.717) is 22.6 Å². The van der Waals surface area contributed by atoms with Gasteiger partial charge in [-0.1, -0.05) is 54.6 Å². The van der Waals surface area contributed by atoms with E-state index in [1.165, 1.54) is 10.8 Å². The van der Waals surface area contributed by atoms with E-state index in [1.54, 1.807) is 26.2 Å². The van der Waals surface area contributed by atoms with Crippen LogP contribution in [0.3, 0.4) is 0 Å². The molecule has 4 saturated heterocycles. The number of aryl methyl sites for hydroxylation is 1. The lowest BCUT2D eigenvalue weighted by Gasteiger charge is -2.46. The van der Waals surface area contributed by atoms with Crippen LogP contribution in [0.2, 0.25) is 18.1 Å². The first-order chi connectivity index (χ1) is 38.3. The molecule has 27 nitrogen and oxygen atoms in total. The number of aromatic amines is 1. The van der Waals surface area contributed by atoms with Gasteiger partial charge in [-0.2, -0.15) is 5.26 Å². The number of nitrogens with zero attached hydrogens (tertiary/aromatic N) is 2. The molecular weight excluding hydrogens is 1200 g/mol. The first kappa shape index (κ1) is 61.7. The molecule has 5 N–H and O–H groups in total. The van der Waals surface area contributed by atoms with Gasteiger partial charge in [0.25, 0.3) is 25.6 Å². The number of aromatic nitrogens is 2. The predicted molar refractivity (Wildman–Crippen MR) is 292 cm³/mol. The van der Waals surface area contributed by atoms with Crippen LogP contribution < -0.4 is 20.7 Å². The number of rotatable bonds is 26. The summed E-state index contributed by atoms with van der Waals surface area (Å²) in [4.78, 5) is 27.2. The molecule has 4 bridgehead atoms. The summed E-state index contributed by atoms with van der Waals surface area (Å²) >= 11 is 0. The van der Waals surface area contributed by atoms with E-state index in [-0.39, 0.29) is 70.4 Å². The molecule has 11 atom stereocenters. The van der Waals surface area contributed by atoms with Crippen LogP contribution >= 0.6 is 7.82 Å². The van der Waals surface area contributed by atoms with E-state index in [0.717, 1.165) is 11.1 Å². The minimum atomic E-state index is -4.41. The number of hydrogen-bond acceptors (Lipinski definition) is 25. The molecule has 0 spiro atoms. The van der Waals surface area contributed by atoms with Crippen LogP contribution in [0.1, 0.15) is 47.7 Å². The molecule has 0 saturated carbocycles. The van der Waals surface area contributed by atoms with E-state index in [4.69, 9.17) is 73.7 Å². The largest absolute Gasteiger partial charge is 0.497 e. The summed E-state index contributed by atoms with van der Waals surface area (Å²) in [5, 5.41) is 50.8. The van der Waals surface area contributed by atoms with Crippen molar-refractivity contribution in [2.75, 3.05) is 59.6 Å². The van der Waals surface area contributed by atoms with Crippen LogP contribution in [0.25, 0.3) is 0 Å². The van der Waals surface area contributed by atoms with Crippen LogP contribution in [0, 0.1) is 18.3 Å². The highest BCUT2D eigenvalue weighted by atomic mass is 31.2. The number of aliphatic hydroxyl groups is 4. The summed E-state index contributed by atoms with van der Waals surface area (Å²) in [6.07, 6.45) is -1.66. The number of ether oxygens (including phenoxy) is 4. The Balaban J connectivity index is 0.937. The molecule has 0 amide bonds. The fraction of sp³-hybridized carbons (Fsp3) is 0.465. The molecule has 432 valence electrons. The molecule has 4 fully saturated rings. The van der Waals surface area contributed by atoms with Crippen LogP contribution in [0.5, 0.6) is 11.5 Å². The maximum absolute atomic E-state index is 14.2. The first-order valence-electron chi connectivity index (χ1n) is 25.3. The van der Waals surface area contributed by atoms with Crippen molar-refractivity contribution in [3.63, 3.8) is 0 Å². The predicted octanol–water partition coefficient (Wildman–Crippen LogP) is -1.18. The second kappa shape index (κ2) is 29.2. The molecule has 0 aliphatic carbocycles. The fourth-order valence-electron chi connectivity index (χ4n) is 8.70. The Kier molecular flexibility index (Phi) is 22.8. The van der Waals surface area contributed by atoms with E-state index in [9.17, 15) is 39.8 Å². The summed E-state index contributed by atoms with van der Waals surface area (Å²) in [7, 11) is -26.5. The standard InChI is InChI=1S/C43H64N3O24PSi8/c1-32-29-46(42(52)45-41(32)51)40-28-38(50)39(60-40)30-56-43(33-8-4-3-5-9-33,34-10-14-36(54-2)15-11-34)35-12-16-37(17-13-35)55-22-7-24-58-71(53,57-23-6-18-44)59-31-75-62-73-64-77-65-76-63-72-61-74(25-19-47)66-78(68-76,26-20-48)70-79(67-75,69-77)27-21-49/h3-5,8-17,29,38-40,47-50,74-77H,6-7,19-28,30-31,72-73H2,1-2H3,(H,45,51,52)/t38?,39-,40-,43?,71?,74?,75?,76?,77?,78?,79?/m1/s1. The second-order valence-corrected chi connectivity index (χ2v) is 38.6. The molecule has 4 aliphatic rings. The average molecular weight is 1260 g/mol. The van der Waals surface area contributed by atoms with Crippen LogP contribution in [-0.2, 0) is 74.4 Å². The Morgan fingerprint density at radius 2 is 1.43 bits per heavy atom. The number of benzene rings is 3. The lowest BCUT2D eigenvalue weighted by Crippen LogP contribution is -2.70. The summed E-state index contributed by atoms with van der Waals surface area (Å²) < 4.78 is 120. The fourth-order valence-corrected chi connectivity index (χ4v) is 39.3. The number of nitriles is 1. The van der Waals surface area contributed by atoms with Crippen LogP contribution in [0.4, 0.5) is 0 Å². The highest BCUT2D eigenvalue weighted by Crippen LogP contribution is 2.50. The highest BCUT2D eigenvalue weighted by molar-refractivity contribution is 7.48. The maximum atomic E-state index is 14.2. The van der Waals surface area contributed by atoms with Crippen molar-refractivity contribution in [2.45, 2.75) is 68.4 Å².